The van der Waals surface area contributed by atoms with Crippen LogP contribution in [0.1, 0.15) is 21.5 Å². The van der Waals surface area contributed by atoms with Crippen LogP contribution in [0.15, 0.2) is 65.9 Å². The summed E-state index contributed by atoms with van der Waals surface area (Å²) in [6.07, 6.45) is 3.03. The van der Waals surface area contributed by atoms with Gasteiger partial charge in [0.15, 0.2) is 0 Å². The molecule has 142 valence electrons. The Kier molecular flexibility index (Phi) is 6.94. The Morgan fingerprint density at radius 3 is 2.75 bits per heavy atom. The van der Waals surface area contributed by atoms with Crippen molar-refractivity contribution in [1.82, 2.24) is 10.4 Å². The van der Waals surface area contributed by atoms with Gasteiger partial charge in [0, 0.05) is 6.20 Å². The highest BCUT2D eigenvalue weighted by molar-refractivity contribution is 14.1. The largest absolute Gasteiger partial charge is 0.488 e. The van der Waals surface area contributed by atoms with Gasteiger partial charge in [0.1, 0.15) is 23.3 Å². The summed E-state index contributed by atoms with van der Waals surface area (Å²) in [7, 11) is 0. The Hall–Kier alpha value is -2.52. The number of benzene rings is 2. The third kappa shape index (κ3) is 5.49. The van der Waals surface area contributed by atoms with Crippen LogP contribution in [0, 0.1) is 9.39 Å². The maximum Gasteiger partial charge on any atom is 0.274 e. The zero-order valence-corrected chi connectivity index (χ0v) is 17.3. The number of aromatic nitrogens is 1. The lowest BCUT2D eigenvalue weighted by molar-refractivity contribution is 0.0955. The summed E-state index contributed by atoms with van der Waals surface area (Å²) >= 11 is 8.03. The van der Waals surface area contributed by atoms with E-state index in [1.54, 1.807) is 24.3 Å². The highest BCUT2D eigenvalue weighted by Gasteiger charge is 2.09. The lowest BCUT2D eigenvalue weighted by Crippen LogP contribution is -2.18. The predicted octanol–water partition coefficient (Wildman–Crippen LogP) is 4.82. The Bertz CT molecular complexity index is 1010. The van der Waals surface area contributed by atoms with E-state index in [9.17, 15) is 9.18 Å². The van der Waals surface area contributed by atoms with Gasteiger partial charge in [0.25, 0.3) is 5.91 Å². The molecule has 0 radical (unpaired) electrons. The van der Waals surface area contributed by atoms with Crippen molar-refractivity contribution >= 4 is 46.3 Å². The maximum absolute atomic E-state index is 12.9. The van der Waals surface area contributed by atoms with Gasteiger partial charge >= 0.3 is 0 Å². The van der Waals surface area contributed by atoms with Crippen LogP contribution in [0.2, 0.25) is 5.15 Å². The van der Waals surface area contributed by atoms with Gasteiger partial charge in [0.05, 0.1) is 15.3 Å². The van der Waals surface area contributed by atoms with Crippen molar-refractivity contribution in [1.29, 1.82) is 0 Å². The molecule has 1 aromatic heterocycles. The number of nitrogens with zero attached hydrogens (tertiary/aromatic N) is 2. The van der Waals surface area contributed by atoms with Gasteiger partial charge in [-0.2, -0.15) is 5.10 Å². The van der Waals surface area contributed by atoms with Gasteiger partial charge in [0.2, 0.25) is 0 Å². The van der Waals surface area contributed by atoms with Crippen molar-refractivity contribution in [3.05, 3.63) is 92.0 Å². The molecule has 0 aliphatic rings. The highest BCUT2D eigenvalue weighted by Crippen LogP contribution is 2.22. The van der Waals surface area contributed by atoms with Crippen LogP contribution in [0.4, 0.5) is 4.39 Å². The lowest BCUT2D eigenvalue weighted by Gasteiger charge is -2.09. The van der Waals surface area contributed by atoms with Crippen LogP contribution < -0.4 is 10.2 Å². The molecule has 3 aromatic rings. The molecule has 3 rings (SSSR count). The smallest absolute Gasteiger partial charge is 0.274 e. The van der Waals surface area contributed by atoms with Crippen LogP contribution in [0.3, 0.4) is 0 Å². The average molecular weight is 510 g/mol. The number of rotatable bonds is 6. The monoisotopic (exact) mass is 509 g/mol. The molecule has 0 saturated carbocycles. The van der Waals surface area contributed by atoms with Gasteiger partial charge in [-0.05, 0) is 76.2 Å². The number of carbonyl (C=O) groups excluding carboxylic acids is 1. The second kappa shape index (κ2) is 9.61. The van der Waals surface area contributed by atoms with Crippen LogP contribution in [-0.4, -0.2) is 17.1 Å². The molecular weight excluding hydrogens is 496 g/mol. The molecule has 1 N–H and O–H groups in total. The minimum Gasteiger partial charge on any atom is -0.488 e. The summed E-state index contributed by atoms with van der Waals surface area (Å²) in [6, 6.07) is 14.8. The minimum absolute atomic E-state index is 0.118. The molecule has 5 nitrogen and oxygen atoms in total. The standard InChI is InChI=1S/C20H14ClFIN3O2/c21-19-16(2-1-9-24-19)20(27)26-25-11-14-5-8-18(17(23)10-14)28-12-13-3-6-15(22)7-4-13/h1-11H,12H2,(H,26,27). The number of hydrogen-bond donors (Lipinski definition) is 1. The van der Waals surface area contributed by atoms with Crippen LogP contribution in [0.5, 0.6) is 5.75 Å². The molecule has 1 amide bonds. The minimum atomic E-state index is -0.441. The quantitative estimate of drug-likeness (QED) is 0.224. The fourth-order valence-corrected chi connectivity index (χ4v) is 3.14. The molecule has 0 aliphatic heterocycles. The van der Waals surface area contributed by atoms with Crippen molar-refractivity contribution in [3.8, 4) is 5.75 Å². The topological polar surface area (TPSA) is 63.6 Å². The van der Waals surface area contributed by atoms with E-state index >= 15 is 0 Å². The molecule has 0 unspecified atom stereocenters. The Labute approximate surface area is 179 Å². The average Bonchev–Trinajstić information content (AvgIpc) is 2.69. The zero-order chi connectivity index (χ0) is 19.9. The van der Waals surface area contributed by atoms with Crippen molar-refractivity contribution in [2.24, 2.45) is 5.10 Å². The Balaban J connectivity index is 1.59. The fourth-order valence-electron chi connectivity index (χ4n) is 2.24. The molecule has 1 heterocycles. The maximum atomic E-state index is 12.9. The van der Waals surface area contributed by atoms with Crippen LogP contribution >= 0.6 is 34.2 Å². The normalized spacial score (nSPS) is 10.8. The molecule has 0 atom stereocenters. The summed E-state index contributed by atoms with van der Waals surface area (Å²) in [6.45, 7) is 0.339. The molecule has 8 heteroatoms. The summed E-state index contributed by atoms with van der Waals surface area (Å²) in [4.78, 5) is 15.9. The Morgan fingerprint density at radius 2 is 2.04 bits per heavy atom. The first-order chi connectivity index (χ1) is 13.5. The van der Waals surface area contributed by atoms with Crippen LogP contribution in [-0.2, 0) is 6.61 Å². The first-order valence-electron chi connectivity index (χ1n) is 8.13. The molecule has 0 aliphatic carbocycles. The molecule has 28 heavy (non-hydrogen) atoms. The predicted molar refractivity (Wildman–Crippen MR) is 114 cm³/mol. The van der Waals surface area contributed by atoms with Gasteiger partial charge in [-0.3, -0.25) is 4.79 Å². The first kappa shape index (κ1) is 20.2. The van der Waals surface area contributed by atoms with E-state index in [0.29, 0.717) is 12.4 Å². The Morgan fingerprint density at radius 1 is 1.25 bits per heavy atom. The third-order valence-corrected chi connectivity index (χ3v) is 4.79. The lowest BCUT2D eigenvalue weighted by atomic mass is 10.2. The van der Waals surface area contributed by atoms with E-state index in [1.807, 2.05) is 18.2 Å². The summed E-state index contributed by atoms with van der Waals surface area (Å²) in [5, 5.41) is 4.06. The molecule has 0 fully saturated rings. The molecule has 0 bridgehead atoms. The second-order valence-electron chi connectivity index (χ2n) is 5.65. The first-order valence-corrected chi connectivity index (χ1v) is 9.59. The van der Waals surface area contributed by atoms with E-state index in [-0.39, 0.29) is 16.5 Å². The number of hydrazone groups is 1. The molecule has 2 aromatic carbocycles. The number of ether oxygens (including phenoxy) is 1. The molecule has 0 spiro atoms. The second-order valence-corrected chi connectivity index (χ2v) is 7.17. The fraction of sp³-hybridized carbons (Fsp3) is 0.0500. The van der Waals surface area contributed by atoms with Crippen molar-refractivity contribution in [2.75, 3.05) is 0 Å². The van der Waals surface area contributed by atoms with E-state index in [2.05, 4.69) is 38.1 Å². The van der Waals surface area contributed by atoms with Gasteiger partial charge < -0.3 is 4.74 Å². The van der Waals surface area contributed by atoms with Crippen molar-refractivity contribution in [2.45, 2.75) is 6.61 Å². The van der Waals surface area contributed by atoms with Gasteiger partial charge in [-0.15, -0.1) is 0 Å². The number of hydrogen-bond acceptors (Lipinski definition) is 4. The van der Waals surface area contributed by atoms with Gasteiger partial charge in [-0.1, -0.05) is 23.7 Å². The number of pyridine rings is 1. The SMILES string of the molecule is O=C(NN=Cc1ccc(OCc2ccc(F)cc2)c(I)c1)c1cccnc1Cl. The third-order valence-electron chi connectivity index (χ3n) is 3.65. The number of nitrogens with one attached hydrogen (secondary N) is 1. The number of halogens is 3. The van der Waals surface area contributed by atoms with E-state index < -0.39 is 5.91 Å². The van der Waals surface area contributed by atoms with E-state index in [0.717, 1.165) is 14.7 Å². The summed E-state index contributed by atoms with van der Waals surface area (Å²) < 4.78 is 19.6. The van der Waals surface area contributed by atoms with Gasteiger partial charge in [-0.25, -0.2) is 14.8 Å². The molecule has 0 saturated heterocycles. The summed E-state index contributed by atoms with van der Waals surface area (Å²) in [5.41, 5.74) is 4.33. The van der Waals surface area contributed by atoms with E-state index in [4.69, 9.17) is 16.3 Å². The van der Waals surface area contributed by atoms with Crippen LogP contribution in [0.25, 0.3) is 0 Å². The number of carbonyl (C=O) groups is 1. The summed E-state index contributed by atoms with van der Waals surface area (Å²) in [5.74, 6) is -0.0172. The highest BCUT2D eigenvalue weighted by atomic mass is 127. The number of amides is 1. The van der Waals surface area contributed by atoms with Crippen molar-refractivity contribution in [3.63, 3.8) is 0 Å². The van der Waals surface area contributed by atoms with E-state index in [1.165, 1.54) is 24.5 Å². The molecular formula is C20H14ClFIN3O2. The zero-order valence-electron chi connectivity index (χ0n) is 14.4. The van der Waals surface area contributed by atoms with Crippen molar-refractivity contribution < 1.29 is 13.9 Å².